The summed E-state index contributed by atoms with van der Waals surface area (Å²) in [6.07, 6.45) is 6.77. The Kier molecular flexibility index (Phi) is 7.69. The molecule has 7 heteroatoms. The lowest BCUT2D eigenvalue weighted by Gasteiger charge is -2.16. The minimum atomic E-state index is -0.844. The van der Waals surface area contributed by atoms with Crippen molar-refractivity contribution in [3.05, 3.63) is 46.1 Å². The molecule has 1 unspecified atom stereocenters. The topological polar surface area (TPSA) is 93.1 Å². The molecular weight excluding hydrogens is 428 g/mol. The first-order valence-corrected chi connectivity index (χ1v) is 10.1. The number of alkyl halides is 1. The summed E-state index contributed by atoms with van der Waals surface area (Å²) >= 11 is 3.28. The van der Waals surface area contributed by atoms with Crippen molar-refractivity contribution in [2.24, 2.45) is 5.92 Å². The Labute approximate surface area is 173 Å². The molecule has 1 aliphatic rings. The number of halogens is 1. The van der Waals surface area contributed by atoms with E-state index < -0.39 is 17.9 Å². The molecule has 0 saturated carbocycles. The van der Waals surface area contributed by atoms with Crippen molar-refractivity contribution >= 4 is 27.9 Å². The molecule has 1 aliphatic heterocycles. The number of fused-ring (bicyclic) bond motifs is 1. The zero-order chi connectivity index (χ0) is 20.8. The third-order valence-corrected chi connectivity index (χ3v) is 5.27. The molecule has 0 fully saturated rings. The van der Waals surface area contributed by atoms with E-state index in [0.29, 0.717) is 41.5 Å². The second kappa shape index (κ2) is 9.78. The fourth-order valence-electron chi connectivity index (χ4n) is 3.37. The number of phenolic OH excluding ortho intramolecular Hbond substituents is 1. The van der Waals surface area contributed by atoms with Crippen molar-refractivity contribution in [2.75, 3.05) is 12.4 Å². The predicted molar refractivity (Wildman–Crippen MR) is 109 cm³/mol. The lowest BCUT2D eigenvalue weighted by molar-refractivity contribution is -0.141. The van der Waals surface area contributed by atoms with Crippen LogP contribution in [0.2, 0.25) is 0 Å². The van der Waals surface area contributed by atoms with Crippen molar-refractivity contribution in [1.29, 1.82) is 0 Å². The maximum Gasteiger partial charge on any atom is 0.342 e. The van der Waals surface area contributed by atoms with E-state index in [1.807, 2.05) is 32.1 Å². The molecule has 0 saturated heterocycles. The van der Waals surface area contributed by atoms with Gasteiger partial charge in [-0.2, -0.15) is 0 Å². The van der Waals surface area contributed by atoms with E-state index in [9.17, 15) is 19.8 Å². The monoisotopic (exact) mass is 452 g/mol. The molecule has 152 valence electrons. The Morgan fingerprint density at radius 3 is 2.71 bits per heavy atom. The number of carbonyl (C=O) groups is 2. The Bertz CT molecular complexity index is 825. The maximum atomic E-state index is 12.0. The minimum Gasteiger partial charge on any atom is -0.507 e. The summed E-state index contributed by atoms with van der Waals surface area (Å²) in [5.74, 6) is -1.50. The van der Waals surface area contributed by atoms with Gasteiger partial charge in [0, 0.05) is 16.5 Å². The summed E-state index contributed by atoms with van der Waals surface area (Å²) in [6.45, 7) is 3.82. The van der Waals surface area contributed by atoms with Crippen LogP contribution in [0.5, 0.6) is 11.5 Å². The summed E-state index contributed by atoms with van der Waals surface area (Å²) in [7, 11) is 1.52. The van der Waals surface area contributed by atoms with Gasteiger partial charge in [-0.15, -0.1) is 0 Å². The average molecular weight is 453 g/mol. The number of methoxy groups -OCH3 is 1. The molecule has 0 radical (unpaired) electrons. The zero-order valence-corrected chi connectivity index (χ0v) is 17.8. The highest BCUT2D eigenvalue weighted by molar-refractivity contribution is 9.09. The predicted octanol–water partition coefficient (Wildman–Crippen LogP) is 4.30. The smallest absolute Gasteiger partial charge is 0.342 e. The third kappa shape index (κ3) is 4.76. The van der Waals surface area contributed by atoms with Crippen LogP contribution in [-0.4, -0.2) is 34.6 Å². The number of benzene rings is 1. The number of hydrogen-bond acceptors (Lipinski definition) is 5. The normalized spacial score (nSPS) is 14.9. The van der Waals surface area contributed by atoms with Gasteiger partial charge in [0.2, 0.25) is 0 Å². The number of carbonyl (C=O) groups excluding carboxylic acids is 1. The van der Waals surface area contributed by atoms with Crippen LogP contribution in [0.3, 0.4) is 0 Å². The number of cyclic esters (lactones) is 1. The summed E-state index contributed by atoms with van der Waals surface area (Å²) in [5.41, 5.74) is 3.01. The highest BCUT2D eigenvalue weighted by atomic mass is 79.9. The Balaban J connectivity index is 2.26. The average Bonchev–Trinajstić information content (AvgIpc) is 3.04. The molecule has 2 N–H and O–H groups in total. The number of phenols is 1. The molecule has 6 nitrogen and oxygen atoms in total. The number of allylic oxidation sites excluding steroid dienone is 4. The lowest BCUT2D eigenvalue weighted by atomic mass is 9.93. The fraction of sp³-hybridized carbons (Fsp3) is 0.429. The van der Waals surface area contributed by atoms with Crippen molar-refractivity contribution in [1.82, 2.24) is 0 Å². The number of carboxylic acids is 1. The van der Waals surface area contributed by atoms with Crippen LogP contribution in [-0.2, 0) is 22.6 Å². The van der Waals surface area contributed by atoms with Gasteiger partial charge in [0.25, 0.3) is 0 Å². The van der Waals surface area contributed by atoms with Crippen molar-refractivity contribution in [2.45, 2.75) is 39.7 Å². The number of hydrogen-bond donors (Lipinski definition) is 2. The molecular formula is C21H25BrO6. The van der Waals surface area contributed by atoms with Gasteiger partial charge in [0.05, 0.1) is 13.0 Å². The highest BCUT2D eigenvalue weighted by Gasteiger charge is 2.31. The van der Waals surface area contributed by atoms with E-state index in [-0.39, 0.29) is 17.9 Å². The van der Waals surface area contributed by atoms with E-state index in [1.54, 1.807) is 0 Å². The molecule has 1 aromatic rings. The molecule has 0 bridgehead atoms. The first-order valence-electron chi connectivity index (χ1n) is 8.99. The Morgan fingerprint density at radius 1 is 1.39 bits per heavy atom. The van der Waals surface area contributed by atoms with Crippen molar-refractivity contribution < 1.29 is 29.3 Å². The van der Waals surface area contributed by atoms with E-state index in [1.165, 1.54) is 7.11 Å². The molecule has 0 aromatic heterocycles. The van der Waals surface area contributed by atoms with Crippen LogP contribution in [0.4, 0.5) is 0 Å². The van der Waals surface area contributed by atoms with E-state index >= 15 is 0 Å². The number of ether oxygens (including phenoxy) is 2. The number of aromatic hydroxyl groups is 1. The molecule has 28 heavy (non-hydrogen) atoms. The van der Waals surface area contributed by atoms with Crippen LogP contribution >= 0.6 is 15.9 Å². The van der Waals surface area contributed by atoms with E-state index in [4.69, 9.17) is 9.47 Å². The van der Waals surface area contributed by atoms with Gasteiger partial charge >= 0.3 is 11.9 Å². The third-order valence-electron chi connectivity index (χ3n) is 4.90. The minimum absolute atomic E-state index is 0.126. The zero-order valence-electron chi connectivity index (χ0n) is 16.3. The maximum absolute atomic E-state index is 12.0. The van der Waals surface area contributed by atoms with Crippen molar-refractivity contribution in [3.63, 3.8) is 0 Å². The largest absolute Gasteiger partial charge is 0.507 e. The number of carboxylic acid groups (broad SMARTS) is 1. The number of aliphatic carboxylic acids is 1. The van der Waals surface area contributed by atoms with Gasteiger partial charge in [0.15, 0.2) is 0 Å². The summed E-state index contributed by atoms with van der Waals surface area (Å²) in [5, 5.41) is 20.7. The summed E-state index contributed by atoms with van der Waals surface area (Å²) < 4.78 is 10.5. The Hall–Kier alpha value is -2.28. The van der Waals surface area contributed by atoms with Gasteiger partial charge in [-0.3, -0.25) is 4.79 Å². The second-order valence-electron chi connectivity index (χ2n) is 6.77. The van der Waals surface area contributed by atoms with Gasteiger partial charge in [-0.1, -0.05) is 39.7 Å². The first kappa shape index (κ1) is 22.0. The fourth-order valence-corrected chi connectivity index (χ4v) is 3.64. The van der Waals surface area contributed by atoms with Crippen LogP contribution in [0.15, 0.2) is 23.8 Å². The molecule has 1 atom stereocenters. The van der Waals surface area contributed by atoms with Crippen LogP contribution in [0, 0.1) is 12.8 Å². The molecule has 0 amide bonds. The quantitative estimate of drug-likeness (QED) is 0.329. The molecule has 0 aliphatic carbocycles. The van der Waals surface area contributed by atoms with Gasteiger partial charge < -0.3 is 19.7 Å². The molecule has 2 rings (SSSR count). The van der Waals surface area contributed by atoms with Gasteiger partial charge in [-0.25, -0.2) is 4.79 Å². The molecule has 1 heterocycles. The molecule has 1 aromatic carbocycles. The van der Waals surface area contributed by atoms with Gasteiger partial charge in [0.1, 0.15) is 23.7 Å². The second-order valence-corrected chi connectivity index (χ2v) is 7.42. The lowest BCUT2D eigenvalue weighted by Crippen LogP contribution is -2.13. The van der Waals surface area contributed by atoms with Gasteiger partial charge in [-0.05, 0) is 38.7 Å². The number of rotatable bonds is 9. The summed E-state index contributed by atoms with van der Waals surface area (Å²) in [4.78, 5) is 23.4. The standard InChI is InChI=1S/C21H25BrO6/c1-12(10-14(20(24)25)6-4-5-9-22)7-8-15-18(23)17-16(11-28-21(17)26)13(2)19(15)27-3/h4-5,7,14,23H,6,8-11H2,1-3H3,(H,24,25). The Morgan fingerprint density at radius 2 is 2.11 bits per heavy atom. The summed E-state index contributed by atoms with van der Waals surface area (Å²) in [6, 6.07) is 0. The van der Waals surface area contributed by atoms with Crippen LogP contribution in [0.25, 0.3) is 0 Å². The van der Waals surface area contributed by atoms with Crippen LogP contribution < -0.4 is 4.74 Å². The SMILES string of the molecule is COc1c(C)c2c(c(O)c1CC=C(C)CC(CC=CCBr)C(=O)O)C(=O)OC2. The molecule has 0 spiro atoms. The van der Waals surface area contributed by atoms with Crippen molar-refractivity contribution in [3.8, 4) is 11.5 Å². The van der Waals surface area contributed by atoms with E-state index in [2.05, 4.69) is 15.9 Å². The van der Waals surface area contributed by atoms with Crippen LogP contribution in [0.1, 0.15) is 46.8 Å². The number of esters is 1. The highest BCUT2D eigenvalue weighted by Crippen LogP contribution is 2.42. The first-order chi connectivity index (χ1) is 13.3. The van der Waals surface area contributed by atoms with E-state index in [0.717, 1.165) is 11.1 Å².